The maximum absolute atomic E-state index is 5.49. The van der Waals surface area contributed by atoms with E-state index in [1.165, 1.54) is 0 Å². The zero-order valence-corrected chi connectivity index (χ0v) is 17.4. The van der Waals surface area contributed by atoms with Crippen molar-refractivity contribution < 1.29 is 9.47 Å². The first-order chi connectivity index (χ1) is 14.1. The van der Waals surface area contributed by atoms with Gasteiger partial charge in [0.25, 0.3) is 0 Å². The van der Waals surface area contributed by atoms with Crippen LogP contribution in [0.4, 0.5) is 17.5 Å². The van der Waals surface area contributed by atoms with E-state index in [4.69, 9.17) is 14.5 Å². The Kier molecular flexibility index (Phi) is 6.89. The van der Waals surface area contributed by atoms with E-state index < -0.39 is 0 Å². The van der Waals surface area contributed by atoms with Crippen molar-refractivity contribution in [2.75, 3.05) is 31.4 Å². The highest BCUT2D eigenvalue weighted by atomic mass is 16.5. The van der Waals surface area contributed by atoms with Crippen LogP contribution in [0.5, 0.6) is 11.5 Å². The van der Waals surface area contributed by atoms with Crippen molar-refractivity contribution in [3.05, 3.63) is 54.6 Å². The summed E-state index contributed by atoms with van der Waals surface area (Å²) in [5.74, 6) is 3.31. The molecule has 0 unspecified atom stereocenters. The van der Waals surface area contributed by atoms with E-state index in [-0.39, 0.29) is 0 Å². The van der Waals surface area contributed by atoms with Crippen LogP contribution in [0.1, 0.15) is 20.3 Å². The van der Waals surface area contributed by atoms with Gasteiger partial charge in [-0.3, -0.25) is 0 Å². The number of aromatic nitrogens is 2. The molecule has 0 fully saturated rings. The Morgan fingerprint density at radius 3 is 2.41 bits per heavy atom. The first-order valence-corrected chi connectivity index (χ1v) is 9.76. The topological polar surface area (TPSA) is 68.3 Å². The van der Waals surface area contributed by atoms with Crippen LogP contribution in [-0.2, 0) is 0 Å². The van der Waals surface area contributed by atoms with E-state index in [0.29, 0.717) is 23.4 Å². The Bertz CT molecular complexity index is 929. The molecule has 0 aliphatic carbocycles. The van der Waals surface area contributed by atoms with E-state index in [0.717, 1.165) is 35.7 Å². The van der Waals surface area contributed by atoms with Crippen molar-refractivity contribution in [2.45, 2.75) is 20.3 Å². The number of rotatable bonds is 9. The van der Waals surface area contributed by atoms with Crippen LogP contribution in [0.15, 0.2) is 54.6 Å². The van der Waals surface area contributed by atoms with Crippen molar-refractivity contribution in [1.29, 1.82) is 0 Å². The zero-order chi connectivity index (χ0) is 20.6. The third-order valence-corrected chi connectivity index (χ3v) is 4.47. The van der Waals surface area contributed by atoms with Crippen molar-refractivity contribution in [3.63, 3.8) is 0 Å². The Morgan fingerprint density at radius 1 is 0.931 bits per heavy atom. The van der Waals surface area contributed by atoms with Crippen LogP contribution >= 0.6 is 0 Å². The zero-order valence-electron chi connectivity index (χ0n) is 17.4. The number of methoxy groups -OCH3 is 2. The second-order valence-corrected chi connectivity index (χ2v) is 7.13. The highest BCUT2D eigenvalue weighted by Crippen LogP contribution is 2.32. The van der Waals surface area contributed by atoms with Crippen LogP contribution in [0.2, 0.25) is 0 Å². The fraction of sp³-hybridized carbons (Fsp3) is 0.304. The van der Waals surface area contributed by atoms with E-state index in [1.807, 2.05) is 54.6 Å². The summed E-state index contributed by atoms with van der Waals surface area (Å²) in [4.78, 5) is 9.35. The first kappa shape index (κ1) is 20.5. The normalized spacial score (nSPS) is 10.7. The quantitative estimate of drug-likeness (QED) is 0.511. The second-order valence-electron chi connectivity index (χ2n) is 7.13. The summed E-state index contributed by atoms with van der Waals surface area (Å²) < 4.78 is 10.8. The Balaban J connectivity index is 1.92. The van der Waals surface area contributed by atoms with Gasteiger partial charge in [0.15, 0.2) is 0 Å². The van der Waals surface area contributed by atoms with Crippen LogP contribution in [-0.4, -0.2) is 30.7 Å². The lowest BCUT2D eigenvalue weighted by atomic mass is 10.1. The first-order valence-electron chi connectivity index (χ1n) is 9.76. The summed E-state index contributed by atoms with van der Waals surface area (Å²) in [6, 6.07) is 17.6. The van der Waals surface area contributed by atoms with E-state index in [9.17, 15) is 0 Å². The van der Waals surface area contributed by atoms with Crippen molar-refractivity contribution in [2.24, 2.45) is 5.92 Å². The average Bonchev–Trinajstić information content (AvgIpc) is 2.74. The molecule has 2 aromatic carbocycles. The number of nitrogens with one attached hydrogen (secondary N) is 2. The minimum Gasteiger partial charge on any atom is -0.497 e. The molecule has 3 aromatic rings. The summed E-state index contributed by atoms with van der Waals surface area (Å²) in [5, 5.41) is 6.70. The maximum atomic E-state index is 5.49. The van der Waals surface area contributed by atoms with Gasteiger partial charge in [0.2, 0.25) is 5.95 Å². The number of ether oxygens (including phenoxy) is 2. The maximum Gasteiger partial charge on any atom is 0.225 e. The van der Waals surface area contributed by atoms with Crippen LogP contribution in [0, 0.1) is 5.92 Å². The molecule has 6 heteroatoms. The fourth-order valence-electron chi connectivity index (χ4n) is 2.86. The predicted molar refractivity (Wildman–Crippen MR) is 118 cm³/mol. The number of benzene rings is 2. The van der Waals surface area contributed by atoms with Gasteiger partial charge in [-0.2, -0.15) is 4.98 Å². The third-order valence-electron chi connectivity index (χ3n) is 4.47. The van der Waals surface area contributed by atoms with Gasteiger partial charge in [-0.15, -0.1) is 0 Å². The van der Waals surface area contributed by atoms with Gasteiger partial charge in [-0.05, 0) is 24.5 Å². The molecule has 1 aromatic heterocycles. The monoisotopic (exact) mass is 392 g/mol. The van der Waals surface area contributed by atoms with Crippen LogP contribution < -0.4 is 20.1 Å². The van der Waals surface area contributed by atoms with Crippen LogP contribution in [0.25, 0.3) is 11.3 Å². The lowest BCUT2D eigenvalue weighted by Gasteiger charge is -2.14. The smallest absolute Gasteiger partial charge is 0.225 e. The molecule has 29 heavy (non-hydrogen) atoms. The molecule has 0 aliphatic rings. The Labute approximate surface area is 172 Å². The second kappa shape index (κ2) is 9.78. The number of hydrogen-bond donors (Lipinski definition) is 2. The van der Waals surface area contributed by atoms with E-state index >= 15 is 0 Å². The van der Waals surface area contributed by atoms with Gasteiger partial charge in [-0.1, -0.05) is 44.2 Å². The molecule has 3 rings (SSSR count). The van der Waals surface area contributed by atoms with Crippen molar-refractivity contribution in [1.82, 2.24) is 9.97 Å². The molecule has 0 saturated heterocycles. The molecule has 0 amide bonds. The van der Waals surface area contributed by atoms with Gasteiger partial charge in [0, 0.05) is 24.2 Å². The highest BCUT2D eigenvalue weighted by molar-refractivity contribution is 5.70. The van der Waals surface area contributed by atoms with Crippen molar-refractivity contribution in [3.8, 4) is 22.8 Å². The number of hydrogen-bond acceptors (Lipinski definition) is 6. The van der Waals surface area contributed by atoms with Crippen molar-refractivity contribution >= 4 is 17.5 Å². The number of anilines is 3. The van der Waals surface area contributed by atoms with E-state index in [1.54, 1.807) is 14.2 Å². The van der Waals surface area contributed by atoms with Gasteiger partial charge in [0.05, 0.1) is 25.6 Å². The Hall–Kier alpha value is -3.28. The molecule has 152 valence electrons. The largest absolute Gasteiger partial charge is 0.497 e. The molecule has 0 bridgehead atoms. The van der Waals surface area contributed by atoms with Gasteiger partial charge < -0.3 is 20.1 Å². The molecular weight excluding hydrogens is 364 g/mol. The fourth-order valence-corrected chi connectivity index (χ4v) is 2.86. The van der Waals surface area contributed by atoms with Gasteiger partial charge in [-0.25, -0.2) is 4.98 Å². The number of nitrogens with zero attached hydrogens (tertiary/aromatic N) is 2. The standard InChI is InChI=1S/C23H28N4O2/c1-16(2)12-13-24-23-26-20(17-8-6-5-7-9-17)15-22(27-23)25-19-11-10-18(28-3)14-21(19)29-4/h5-11,14-16H,12-13H2,1-4H3,(H2,24,25,26,27). The molecule has 0 spiro atoms. The average molecular weight is 393 g/mol. The SMILES string of the molecule is COc1ccc(Nc2cc(-c3ccccc3)nc(NCCC(C)C)n2)c(OC)c1. The summed E-state index contributed by atoms with van der Waals surface area (Å²) in [6.07, 6.45) is 1.05. The Morgan fingerprint density at radius 2 is 1.72 bits per heavy atom. The molecule has 0 radical (unpaired) electrons. The van der Waals surface area contributed by atoms with Gasteiger partial charge >= 0.3 is 0 Å². The lowest BCUT2D eigenvalue weighted by Crippen LogP contribution is -2.09. The molecule has 0 aliphatic heterocycles. The highest BCUT2D eigenvalue weighted by Gasteiger charge is 2.10. The van der Waals surface area contributed by atoms with Crippen LogP contribution in [0.3, 0.4) is 0 Å². The predicted octanol–water partition coefficient (Wildman–Crippen LogP) is 5.36. The van der Waals surface area contributed by atoms with E-state index in [2.05, 4.69) is 29.5 Å². The molecule has 6 nitrogen and oxygen atoms in total. The summed E-state index contributed by atoms with van der Waals surface area (Å²) in [6.45, 7) is 5.22. The molecule has 1 heterocycles. The lowest BCUT2D eigenvalue weighted by molar-refractivity contribution is 0.395. The molecular formula is C23H28N4O2. The molecule has 0 atom stereocenters. The minimum atomic E-state index is 0.599. The minimum absolute atomic E-state index is 0.599. The summed E-state index contributed by atoms with van der Waals surface area (Å²) >= 11 is 0. The molecule has 2 N–H and O–H groups in total. The summed E-state index contributed by atoms with van der Waals surface area (Å²) in [7, 11) is 3.27. The summed E-state index contributed by atoms with van der Waals surface area (Å²) in [5.41, 5.74) is 2.69. The van der Waals surface area contributed by atoms with Gasteiger partial charge in [0.1, 0.15) is 17.3 Å². The third kappa shape index (κ3) is 5.60. The molecule has 0 saturated carbocycles.